The number of hydrogen-bond donors (Lipinski definition) is 1. The van der Waals surface area contributed by atoms with E-state index in [2.05, 4.69) is 4.98 Å². The fourth-order valence-corrected chi connectivity index (χ4v) is 4.67. The summed E-state index contributed by atoms with van der Waals surface area (Å²) in [6, 6.07) is 15.1. The van der Waals surface area contributed by atoms with Gasteiger partial charge in [0.25, 0.3) is 11.7 Å². The second kappa shape index (κ2) is 8.37. The number of aromatic nitrogens is 1. The molecule has 1 N–H and O–H groups in total. The molecule has 7 heteroatoms. The first-order valence-corrected chi connectivity index (χ1v) is 11.0. The number of carbonyl (C=O) groups excluding carboxylic acids is 2. The Morgan fingerprint density at radius 3 is 2.70 bits per heavy atom. The number of ether oxygens (including phenoxy) is 1. The third kappa shape index (κ3) is 3.87. The van der Waals surface area contributed by atoms with Gasteiger partial charge in [0.1, 0.15) is 17.6 Å². The monoisotopic (exact) mass is 460 g/mol. The molecule has 0 aliphatic carbocycles. The molecule has 3 aromatic rings. The Labute approximate surface area is 196 Å². The molecule has 2 aliphatic heterocycles. The summed E-state index contributed by atoms with van der Waals surface area (Å²) in [5.74, 6) is -0.838. The average Bonchev–Trinajstić information content (AvgIpc) is 3.30. The van der Waals surface area contributed by atoms with E-state index in [4.69, 9.17) is 16.3 Å². The Hall–Kier alpha value is -3.64. The number of pyridine rings is 1. The van der Waals surface area contributed by atoms with Crippen LogP contribution >= 0.6 is 11.6 Å². The van der Waals surface area contributed by atoms with Crippen LogP contribution < -0.4 is 4.74 Å². The van der Waals surface area contributed by atoms with E-state index in [0.717, 1.165) is 16.9 Å². The number of hydrogen-bond acceptors (Lipinski definition) is 5. The molecule has 1 aromatic heterocycles. The van der Waals surface area contributed by atoms with Crippen LogP contribution in [0.5, 0.6) is 5.75 Å². The normalized spacial score (nSPS) is 21.2. The van der Waals surface area contributed by atoms with Crippen LogP contribution in [-0.2, 0) is 22.6 Å². The molecule has 2 atom stereocenters. The molecule has 1 saturated heterocycles. The maximum Gasteiger partial charge on any atom is 0.295 e. The first-order valence-electron chi connectivity index (χ1n) is 10.6. The van der Waals surface area contributed by atoms with Crippen molar-refractivity contribution < 1.29 is 19.4 Å². The van der Waals surface area contributed by atoms with Crippen molar-refractivity contribution in [1.82, 2.24) is 9.88 Å². The topological polar surface area (TPSA) is 79.7 Å². The predicted octanol–water partition coefficient (Wildman–Crippen LogP) is 4.68. The summed E-state index contributed by atoms with van der Waals surface area (Å²) in [6.07, 6.45) is 4.03. The molecule has 0 radical (unpaired) electrons. The van der Waals surface area contributed by atoms with Gasteiger partial charge in [0.05, 0.1) is 11.6 Å². The maximum absolute atomic E-state index is 13.2. The summed E-state index contributed by atoms with van der Waals surface area (Å²) in [7, 11) is 0. The number of rotatable bonds is 4. The Morgan fingerprint density at radius 1 is 1.15 bits per heavy atom. The van der Waals surface area contributed by atoms with Crippen molar-refractivity contribution in [3.05, 3.63) is 99.8 Å². The molecule has 6 nitrogen and oxygen atoms in total. The molecule has 2 aliphatic rings. The number of Topliss-reactive ketones (excluding diaryl/α,β-unsaturated/α-hetero) is 1. The van der Waals surface area contributed by atoms with Gasteiger partial charge >= 0.3 is 0 Å². The third-order valence-electron chi connectivity index (χ3n) is 5.98. The molecule has 33 heavy (non-hydrogen) atoms. The van der Waals surface area contributed by atoms with E-state index in [-0.39, 0.29) is 24.0 Å². The quantitative estimate of drug-likeness (QED) is 0.347. The van der Waals surface area contributed by atoms with Gasteiger partial charge < -0.3 is 14.7 Å². The van der Waals surface area contributed by atoms with E-state index in [1.165, 1.54) is 4.90 Å². The van der Waals surface area contributed by atoms with Gasteiger partial charge in [-0.25, -0.2) is 0 Å². The number of aliphatic hydroxyl groups is 1. The minimum atomic E-state index is -0.778. The van der Waals surface area contributed by atoms with Crippen molar-refractivity contribution in [1.29, 1.82) is 0 Å². The van der Waals surface area contributed by atoms with Crippen LogP contribution in [0.25, 0.3) is 5.76 Å². The largest absolute Gasteiger partial charge is 0.507 e. The Balaban J connectivity index is 1.64. The minimum absolute atomic E-state index is 0.0447. The molecule has 2 aromatic carbocycles. The van der Waals surface area contributed by atoms with Crippen LogP contribution in [0.2, 0.25) is 5.02 Å². The summed E-state index contributed by atoms with van der Waals surface area (Å²) in [5.41, 5.74) is 2.94. The number of fused-ring (bicyclic) bond motifs is 1. The Kier molecular flexibility index (Phi) is 5.38. The Bertz CT molecular complexity index is 1290. The van der Waals surface area contributed by atoms with Crippen LogP contribution in [0, 0.1) is 0 Å². The molecule has 0 spiro atoms. The lowest BCUT2D eigenvalue weighted by Gasteiger charge is -2.25. The first-order chi connectivity index (χ1) is 15.9. The fraction of sp³-hybridized carbons (Fsp3) is 0.192. The number of ketones is 1. The van der Waals surface area contributed by atoms with Crippen molar-refractivity contribution in [3.8, 4) is 5.75 Å². The van der Waals surface area contributed by atoms with Crippen LogP contribution in [0.1, 0.15) is 35.2 Å². The number of amides is 1. The highest BCUT2D eigenvalue weighted by atomic mass is 35.5. The number of carbonyl (C=O) groups is 2. The van der Waals surface area contributed by atoms with E-state index in [9.17, 15) is 14.7 Å². The van der Waals surface area contributed by atoms with Crippen LogP contribution in [0.4, 0.5) is 0 Å². The first kappa shape index (κ1) is 21.2. The van der Waals surface area contributed by atoms with Crippen LogP contribution in [0.3, 0.4) is 0 Å². The smallest absolute Gasteiger partial charge is 0.295 e. The summed E-state index contributed by atoms with van der Waals surface area (Å²) in [6.45, 7) is 2.17. The minimum Gasteiger partial charge on any atom is -0.507 e. The SMILES string of the molecule is CC1Cc2cc(/C(O)=C3/C(=O)C(=O)N(Cc4ccncc4)C3c3cccc(Cl)c3)ccc2O1. The van der Waals surface area contributed by atoms with Gasteiger partial charge in [0.15, 0.2) is 0 Å². The van der Waals surface area contributed by atoms with Crippen molar-refractivity contribution in [2.75, 3.05) is 0 Å². The zero-order valence-electron chi connectivity index (χ0n) is 17.9. The van der Waals surface area contributed by atoms with Crippen molar-refractivity contribution in [2.24, 2.45) is 0 Å². The summed E-state index contributed by atoms with van der Waals surface area (Å²) >= 11 is 6.24. The molecular formula is C26H21ClN2O4. The van der Waals surface area contributed by atoms with Crippen molar-refractivity contribution in [2.45, 2.75) is 32.0 Å². The molecule has 5 rings (SSSR count). The fourth-order valence-electron chi connectivity index (χ4n) is 4.48. The van der Waals surface area contributed by atoms with Crippen LogP contribution in [-0.4, -0.2) is 32.8 Å². The highest BCUT2D eigenvalue weighted by Gasteiger charge is 2.46. The van der Waals surface area contributed by atoms with Gasteiger partial charge in [-0.1, -0.05) is 23.7 Å². The number of nitrogens with zero attached hydrogens (tertiary/aromatic N) is 2. The standard InChI is InChI=1S/C26H21ClN2O4/c1-15-11-19-12-18(5-6-21(19)33-15)24(30)22-23(17-3-2-4-20(27)13-17)29(26(32)25(22)31)14-16-7-9-28-10-8-16/h2-10,12-13,15,23,30H,11,14H2,1H3/b24-22-. The van der Waals surface area contributed by atoms with Crippen LogP contribution in [0.15, 0.2) is 72.6 Å². The van der Waals surface area contributed by atoms with Gasteiger partial charge in [0, 0.05) is 35.9 Å². The lowest BCUT2D eigenvalue weighted by atomic mass is 9.94. The van der Waals surface area contributed by atoms with E-state index < -0.39 is 17.7 Å². The van der Waals surface area contributed by atoms with Gasteiger partial charge in [0.2, 0.25) is 0 Å². The van der Waals surface area contributed by atoms with E-state index in [0.29, 0.717) is 22.6 Å². The summed E-state index contributed by atoms with van der Waals surface area (Å²) in [5, 5.41) is 11.8. The van der Waals surface area contributed by atoms with Crippen molar-refractivity contribution in [3.63, 3.8) is 0 Å². The van der Waals surface area contributed by atoms with Crippen molar-refractivity contribution >= 4 is 29.1 Å². The van der Waals surface area contributed by atoms with Gasteiger partial charge in [-0.15, -0.1) is 0 Å². The average molecular weight is 461 g/mol. The van der Waals surface area contributed by atoms with Gasteiger partial charge in [-0.3, -0.25) is 14.6 Å². The number of halogens is 1. The zero-order chi connectivity index (χ0) is 23.1. The molecule has 0 bridgehead atoms. The third-order valence-corrected chi connectivity index (χ3v) is 6.21. The summed E-state index contributed by atoms with van der Waals surface area (Å²) < 4.78 is 5.75. The molecule has 2 unspecified atom stereocenters. The lowest BCUT2D eigenvalue weighted by molar-refractivity contribution is -0.140. The molecule has 166 valence electrons. The molecule has 1 fully saturated rings. The molecule has 0 saturated carbocycles. The molecule has 3 heterocycles. The second-order valence-corrected chi connectivity index (χ2v) is 8.73. The predicted molar refractivity (Wildman–Crippen MR) is 124 cm³/mol. The van der Waals surface area contributed by atoms with Gasteiger partial charge in [-0.05, 0) is 66.1 Å². The highest BCUT2D eigenvalue weighted by Crippen LogP contribution is 2.41. The second-order valence-electron chi connectivity index (χ2n) is 8.29. The Morgan fingerprint density at radius 2 is 1.94 bits per heavy atom. The zero-order valence-corrected chi connectivity index (χ0v) is 18.6. The lowest BCUT2D eigenvalue weighted by Crippen LogP contribution is -2.29. The van der Waals surface area contributed by atoms with E-state index in [1.54, 1.807) is 60.9 Å². The maximum atomic E-state index is 13.2. The highest BCUT2D eigenvalue weighted by molar-refractivity contribution is 6.46. The molecular weight excluding hydrogens is 440 g/mol. The number of benzene rings is 2. The van der Waals surface area contributed by atoms with E-state index >= 15 is 0 Å². The van der Waals surface area contributed by atoms with Gasteiger partial charge in [-0.2, -0.15) is 0 Å². The summed E-state index contributed by atoms with van der Waals surface area (Å²) in [4.78, 5) is 31.8. The number of likely N-dealkylation sites (tertiary alicyclic amines) is 1. The number of aliphatic hydroxyl groups excluding tert-OH is 1. The van der Waals surface area contributed by atoms with E-state index in [1.807, 2.05) is 13.0 Å². The molecule has 1 amide bonds.